The highest BCUT2D eigenvalue weighted by Crippen LogP contribution is 2.29. The van der Waals surface area contributed by atoms with Gasteiger partial charge in [-0.2, -0.15) is 0 Å². The third-order valence-electron chi connectivity index (χ3n) is 6.14. The molecule has 3 amide bonds. The Labute approximate surface area is 266 Å². The van der Waals surface area contributed by atoms with Crippen LogP contribution in [0.3, 0.4) is 0 Å². The summed E-state index contributed by atoms with van der Waals surface area (Å²) >= 11 is 15.5. The van der Waals surface area contributed by atoms with Crippen LogP contribution >= 0.6 is 46.3 Å². The summed E-state index contributed by atoms with van der Waals surface area (Å²) in [6, 6.07) is 28.3. The molecule has 0 spiro atoms. The van der Waals surface area contributed by atoms with Gasteiger partial charge in [-0.15, -0.1) is 11.8 Å². The Bertz CT molecular complexity index is 1770. The summed E-state index contributed by atoms with van der Waals surface area (Å²) in [5.74, 6) is -1.19. The van der Waals surface area contributed by atoms with Crippen molar-refractivity contribution >= 4 is 91.1 Å². The second kappa shape index (κ2) is 13.9. The number of hydrogen-bond donors (Lipinski definition) is 3. The van der Waals surface area contributed by atoms with Gasteiger partial charge in [0.1, 0.15) is 5.70 Å². The van der Waals surface area contributed by atoms with E-state index in [0.29, 0.717) is 32.0 Å². The Hall–Kier alpha value is -4.15. The van der Waals surface area contributed by atoms with Gasteiger partial charge < -0.3 is 16.0 Å². The zero-order valence-corrected chi connectivity index (χ0v) is 25.8. The summed E-state index contributed by atoms with van der Waals surface area (Å²) in [4.78, 5) is 44.3. The van der Waals surface area contributed by atoms with Crippen LogP contribution in [0.15, 0.2) is 108 Å². The number of nitrogens with one attached hydrogen (secondary N) is 3. The number of anilines is 2. The van der Waals surface area contributed by atoms with Crippen LogP contribution in [0, 0.1) is 0 Å². The van der Waals surface area contributed by atoms with Crippen LogP contribution in [0.1, 0.15) is 22.8 Å². The van der Waals surface area contributed by atoms with Crippen molar-refractivity contribution in [1.29, 1.82) is 0 Å². The predicted molar refractivity (Wildman–Crippen MR) is 177 cm³/mol. The van der Waals surface area contributed by atoms with E-state index in [0.717, 1.165) is 15.1 Å². The number of benzene rings is 4. The maximum absolute atomic E-state index is 13.4. The molecule has 4 aromatic carbocycles. The molecule has 11 heteroatoms. The van der Waals surface area contributed by atoms with Gasteiger partial charge in [0, 0.05) is 31.8 Å². The Morgan fingerprint density at radius 1 is 0.837 bits per heavy atom. The number of para-hydroxylation sites is 1. The van der Waals surface area contributed by atoms with E-state index in [1.807, 2.05) is 31.2 Å². The van der Waals surface area contributed by atoms with Crippen molar-refractivity contribution in [1.82, 2.24) is 10.3 Å². The molecule has 5 rings (SSSR count). The summed E-state index contributed by atoms with van der Waals surface area (Å²) in [7, 11) is 0. The summed E-state index contributed by atoms with van der Waals surface area (Å²) in [5, 5.41) is 9.18. The quantitative estimate of drug-likeness (QED) is 0.111. The summed E-state index contributed by atoms with van der Waals surface area (Å²) in [6.07, 6.45) is 1.44. The number of rotatable bonds is 9. The van der Waals surface area contributed by atoms with Crippen molar-refractivity contribution in [2.24, 2.45) is 0 Å². The van der Waals surface area contributed by atoms with E-state index < -0.39 is 17.1 Å². The lowest BCUT2D eigenvalue weighted by molar-refractivity contribution is -0.115. The first-order chi connectivity index (χ1) is 20.8. The molecule has 0 aliphatic carbocycles. The van der Waals surface area contributed by atoms with Crippen LogP contribution in [0.5, 0.6) is 0 Å². The average Bonchev–Trinajstić information content (AvgIpc) is 3.42. The standard InChI is InChI=1S/C32H24Cl2N4O3S2/c1-19(29(39)38-32-37-26-12-5-6-13-28(26)43-32)42-22-16-14-21(15-17-22)35-31(41)27(18-23-24(33)10-7-11-25(23)34)36-30(40)20-8-3-2-4-9-20/h2-19H,1H3,(H,35,41)(H,36,40)(H,37,38,39)/b27-18-. The minimum Gasteiger partial charge on any atom is -0.321 e. The topological polar surface area (TPSA) is 100 Å². The molecule has 0 radical (unpaired) electrons. The molecule has 0 bridgehead atoms. The molecule has 0 fully saturated rings. The maximum atomic E-state index is 13.4. The van der Waals surface area contributed by atoms with Crippen LogP contribution < -0.4 is 16.0 Å². The predicted octanol–water partition coefficient (Wildman–Crippen LogP) is 8.13. The highest BCUT2D eigenvalue weighted by Gasteiger charge is 2.19. The number of thiazole rings is 1. The van der Waals surface area contributed by atoms with Crippen molar-refractivity contribution < 1.29 is 14.4 Å². The molecule has 0 aliphatic rings. The highest BCUT2D eigenvalue weighted by molar-refractivity contribution is 8.00. The van der Waals surface area contributed by atoms with Crippen molar-refractivity contribution in [3.05, 3.63) is 124 Å². The number of carbonyl (C=O) groups is 3. The Morgan fingerprint density at radius 3 is 2.21 bits per heavy atom. The average molecular weight is 648 g/mol. The van der Waals surface area contributed by atoms with E-state index in [1.54, 1.807) is 72.8 Å². The second-order valence-corrected chi connectivity index (χ2v) is 12.5. The van der Waals surface area contributed by atoms with Gasteiger partial charge in [0.05, 0.1) is 15.5 Å². The monoisotopic (exact) mass is 646 g/mol. The molecular formula is C32H24Cl2N4O3S2. The van der Waals surface area contributed by atoms with Crippen molar-refractivity contribution in [2.75, 3.05) is 10.6 Å². The molecule has 3 N–H and O–H groups in total. The molecule has 1 aromatic heterocycles. The van der Waals surface area contributed by atoms with Gasteiger partial charge in [-0.1, -0.05) is 70.9 Å². The molecule has 43 heavy (non-hydrogen) atoms. The summed E-state index contributed by atoms with van der Waals surface area (Å²) in [5.41, 5.74) is 2.07. The summed E-state index contributed by atoms with van der Waals surface area (Å²) < 4.78 is 1.00. The number of aromatic nitrogens is 1. The zero-order valence-electron chi connectivity index (χ0n) is 22.6. The van der Waals surface area contributed by atoms with Gasteiger partial charge >= 0.3 is 0 Å². The molecule has 7 nitrogen and oxygen atoms in total. The smallest absolute Gasteiger partial charge is 0.272 e. The highest BCUT2D eigenvalue weighted by atomic mass is 35.5. The first-order valence-corrected chi connectivity index (χ1v) is 15.5. The molecule has 1 atom stereocenters. The van der Waals surface area contributed by atoms with E-state index >= 15 is 0 Å². The van der Waals surface area contributed by atoms with Gasteiger partial charge in [-0.05, 0) is 73.7 Å². The van der Waals surface area contributed by atoms with E-state index in [2.05, 4.69) is 20.9 Å². The molecule has 0 saturated heterocycles. The Balaban J connectivity index is 1.26. The van der Waals surface area contributed by atoms with E-state index in [1.165, 1.54) is 29.2 Å². The number of hydrogen-bond acceptors (Lipinski definition) is 6. The van der Waals surface area contributed by atoms with E-state index in [4.69, 9.17) is 23.2 Å². The fourth-order valence-electron chi connectivity index (χ4n) is 3.94. The molecule has 5 aromatic rings. The van der Waals surface area contributed by atoms with Crippen molar-refractivity contribution in [3.8, 4) is 0 Å². The van der Waals surface area contributed by atoms with Gasteiger partial charge in [-0.25, -0.2) is 4.98 Å². The van der Waals surface area contributed by atoms with Gasteiger partial charge in [0.2, 0.25) is 5.91 Å². The minimum atomic E-state index is -0.566. The third-order valence-corrected chi connectivity index (χ3v) is 8.86. The van der Waals surface area contributed by atoms with Crippen molar-refractivity contribution in [2.45, 2.75) is 17.1 Å². The van der Waals surface area contributed by atoms with Crippen LogP contribution in [0.4, 0.5) is 10.8 Å². The molecule has 0 saturated carbocycles. The van der Waals surface area contributed by atoms with E-state index in [9.17, 15) is 14.4 Å². The Kier molecular flexibility index (Phi) is 9.79. The maximum Gasteiger partial charge on any atom is 0.272 e. The molecule has 216 valence electrons. The van der Waals surface area contributed by atoms with Gasteiger partial charge in [0.25, 0.3) is 11.8 Å². The molecule has 1 unspecified atom stereocenters. The fraction of sp³-hybridized carbons (Fsp3) is 0.0625. The second-order valence-electron chi connectivity index (χ2n) is 9.23. The zero-order chi connectivity index (χ0) is 30.3. The number of halogens is 2. The summed E-state index contributed by atoms with van der Waals surface area (Å²) in [6.45, 7) is 1.81. The normalized spacial score (nSPS) is 12.0. The SMILES string of the molecule is CC(Sc1ccc(NC(=O)/C(=C/c2c(Cl)cccc2Cl)NC(=O)c2ccccc2)cc1)C(=O)Nc1nc2ccccc2s1. The molecular weight excluding hydrogens is 623 g/mol. The van der Waals surface area contributed by atoms with Gasteiger partial charge in [0.15, 0.2) is 5.13 Å². The van der Waals surface area contributed by atoms with Crippen molar-refractivity contribution in [3.63, 3.8) is 0 Å². The first kappa shape index (κ1) is 30.3. The molecule has 0 aliphatic heterocycles. The fourth-order valence-corrected chi connectivity index (χ4v) is 6.18. The van der Waals surface area contributed by atoms with Crippen LogP contribution in [0.2, 0.25) is 10.0 Å². The number of fused-ring (bicyclic) bond motifs is 1. The number of nitrogens with zero attached hydrogens (tertiary/aromatic N) is 1. The molecule has 1 heterocycles. The van der Waals surface area contributed by atoms with Crippen LogP contribution in [0.25, 0.3) is 16.3 Å². The lowest BCUT2D eigenvalue weighted by atomic mass is 10.1. The number of carbonyl (C=O) groups excluding carboxylic acids is 3. The van der Waals surface area contributed by atoms with Gasteiger partial charge in [-0.3, -0.25) is 14.4 Å². The lowest BCUT2D eigenvalue weighted by Crippen LogP contribution is -2.30. The van der Waals surface area contributed by atoms with Crippen LogP contribution in [-0.2, 0) is 9.59 Å². The number of amides is 3. The lowest BCUT2D eigenvalue weighted by Gasteiger charge is -2.13. The first-order valence-electron chi connectivity index (χ1n) is 13.0. The largest absolute Gasteiger partial charge is 0.321 e. The number of thioether (sulfide) groups is 1. The van der Waals surface area contributed by atoms with E-state index in [-0.39, 0.29) is 11.6 Å². The Morgan fingerprint density at radius 2 is 1.51 bits per heavy atom. The third kappa shape index (κ3) is 7.82. The van der Waals surface area contributed by atoms with Crippen LogP contribution in [-0.4, -0.2) is 28.0 Å². The minimum absolute atomic E-state index is 0.0394.